The molecular formula is C22H25ClFNO3Si. The van der Waals surface area contributed by atoms with E-state index in [9.17, 15) is 14.0 Å². The van der Waals surface area contributed by atoms with Crippen LogP contribution in [0.15, 0.2) is 42.5 Å². The number of halogens is 2. The summed E-state index contributed by atoms with van der Waals surface area (Å²) < 4.78 is 20.5. The molecule has 0 radical (unpaired) electrons. The van der Waals surface area contributed by atoms with Crippen molar-refractivity contribution in [1.82, 2.24) is 4.90 Å². The van der Waals surface area contributed by atoms with Crippen molar-refractivity contribution >= 4 is 31.7 Å². The molecule has 2 amide bonds. The van der Waals surface area contributed by atoms with E-state index in [-0.39, 0.29) is 16.7 Å². The quantitative estimate of drug-likeness (QED) is 0.439. The number of carbonyl (C=O) groups excluding carboxylic acids is 2. The number of amides is 2. The van der Waals surface area contributed by atoms with Crippen LogP contribution < -0.4 is 0 Å². The Morgan fingerprint density at radius 1 is 1.07 bits per heavy atom. The second-order valence-electron chi connectivity index (χ2n) is 8.79. The number of nitrogens with zero attached hydrogens (tertiary/aromatic N) is 1. The minimum atomic E-state index is -2.17. The van der Waals surface area contributed by atoms with Crippen molar-refractivity contribution in [2.75, 3.05) is 6.61 Å². The largest absolute Gasteiger partial charge is 0.414 e. The van der Waals surface area contributed by atoms with Crippen LogP contribution in [0.25, 0.3) is 0 Å². The second kappa shape index (κ2) is 7.67. The summed E-state index contributed by atoms with van der Waals surface area (Å²) in [5.74, 6) is -1.40. The molecule has 29 heavy (non-hydrogen) atoms. The molecule has 0 bridgehead atoms. The Kier molecular flexibility index (Phi) is 5.73. The van der Waals surface area contributed by atoms with Gasteiger partial charge in [-0.2, -0.15) is 0 Å². The lowest BCUT2D eigenvalue weighted by Gasteiger charge is -2.38. The summed E-state index contributed by atoms with van der Waals surface area (Å²) in [5, 5.41) is -0.0645. The Labute approximate surface area is 176 Å². The molecule has 0 N–H and O–H groups in total. The zero-order valence-corrected chi connectivity index (χ0v) is 19.0. The summed E-state index contributed by atoms with van der Waals surface area (Å²) >= 11 is 5.84. The lowest BCUT2D eigenvalue weighted by Crippen LogP contribution is -2.44. The monoisotopic (exact) mass is 433 g/mol. The third kappa shape index (κ3) is 4.02. The van der Waals surface area contributed by atoms with Crippen LogP contribution in [0.1, 0.15) is 53.1 Å². The van der Waals surface area contributed by atoms with Crippen LogP contribution in [0.5, 0.6) is 0 Å². The molecule has 1 aliphatic rings. The fraction of sp³-hybridized carbons (Fsp3) is 0.364. The molecule has 1 unspecified atom stereocenters. The van der Waals surface area contributed by atoms with Gasteiger partial charge in [-0.1, -0.05) is 50.6 Å². The van der Waals surface area contributed by atoms with Crippen LogP contribution in [0.3, 0.4) is 0 Å². The molecule has 4 nitrogen and oxygen atoms in total. The van der Waals surface area contributed by atoms with E-state index in [0.29, 0.717) is 16.7 Å². The molecule has 0 saturated carbocycles. The fourth-order valence-electron chi connectivity index (χ4n) is 3.03. The molecule has 0 fully saturated rings. The van der Waals surface area contributed by atoms with Gasteiger partial charge in [0.05, 0.1) is 28.8 Å². The van der Waals surface area contributed by atoms with Gasteiger partial charge < -0.3 is 4.43 Å². The van der Waals surface area contributed by atoms with Crippen LogP contribution >= 0.6 is 11.6 Å². The van der Waals surface area contributed by atoms with Gasteiger partial charge in [0.1, 0.15) is 5.82 Å². The van der Waals surface area contributed by atoms with Gasteiger partial charge in [0, 0.05) is 0 Å². The van der Waals surface area contributed by atoms with Gasteiger partial charge in [-0.15, -0.1) is 0 Å². The third-order valence-electron chi connectivity index (χ3n) is 5.87. The van der Waals surface area contributed by atoms with Crippen molar-refractivity contribution in [1.29, 1.82) is 0 Å². The number of carbonyl (C=O) groups is 2. The van der Waals surface area contributed by atoms with Crippen molar-refractivity contribution in [2.24, 2.45) is 0 Å². The Morgan fingerprint density at radius 3 is 2.10 bits per heavy atom. The molecule has 7 heteroatoms. The predicted octanol–water partition coefficient (Wildman–Crippen LogP) is 5.84. The smallest absolute Gasteiger partial charge is 0.262 e. The molecular weight excluding hydrogens is 409 g/mol. The van der Waals surface area contributed by atoms with Crippen LogP contribution in [-0.2, 0) is 4.43 Å². The highest BCUT2D eigenvalue weighted by atomic mass is 35.5. The summed E-state index contributed by atoms with van der Waals surface area (Å²) in [6.45, 7) is 10.6. The predicted molar refractivity (Wildman–Crippen MR) is 114 cm³/mol. The van der Waals surface area contributed by atoms with Gasteiger partial charge in [-0.3, -0.25) is 14.5 Å². The molecule has 1 atom stereocenters. The molecule has 2 aromatic carbocycles. The fourth-order valence-corrected chi connectivity index (χ4v) is 4.16. The summed E-state index contributed by atoms with van der Waals surface area (Å²) in [5.41, 5.74) is 1.17. The van der Waals surface area contributed by atoms with Crippen molar-refractivity contribution in [3.05, 3.63) is 70.0 Å². The lowest BCUT2D eigenvalue weighted by molar-refractivity contribution is 0.0521. The zero-order chi connectivity index (χ0) is 21.6. The maximum atomic E-state index is 14.2. The average molecular weight is 434 g/mol. The topological polar surface area (TPSA) is 46.6 Å². The Balaban J connectivity index is 2.01. The first-order valence-electron chi connectivity index (χ1n) is 9.50. The molecule has 3 rings (SSSR count). The summed E-state index contributed by atoms with van der Waals surface area (Å²) in [6.07, 6.45) is 0. The van der Waals surface area contributed by atoms with Gasteiger partial charge in [-0.05, 0) is 48.0 Å². The highest BCUT2D eigenvalue weighted by molar-refractivity contribution is 6.74. The molecule has 2 aromatic rings. The number of hydrogen-bond donors (Lipinski definition) is 0. The maximum absolute atomic E-state index is 14.2. The SMILES string of the molecule is CC(C)(C)[Si](C)(C)OCC(c1ccc(Cl)c(F)c1)N1C(=O)c2ccccc2C1=O. The minimum Gasteiger partial charge on any atom is -0.414 e. The van der Waals surface area contributed by atoms with Crippen molar-refractivity contribution in [3.63, 3.8) is 0 Å². The van der Waals surface area contributed by atoms with Crippen LogP contribution in [0.2, 0.25) is 23.2 Å². The van der Waals surface area contributed by atoms with Crippen molar-refractivity contribution < 1.29 is 18.4 Å². The molecule has 154 valence electrons. The van der Waals surface area contributed by atoms with E-state index in [1.807, 2.05) is 0 Å². The average Bonchev–Trinajstić information content (AvgIpc) is 2.89. The summed E-state index contributed by atoms with van der Waals surface area (Å²) in [4.78, 5) is 27.3. The standard InChI is InChI=1S/C22H25ClFNO3Si/c1-22(2,3)29(4,5)28-13-19(14-10-11-17(23)18(24)12-14)25-20(26)15-8-6-7-9-16(15)21(25)27/h6-12,19H,13H2,1-5H3. The zero-order valence-electron chi connectivity index (χ0n) is 17.3. The van der Waals surface area contributed by atoms with Crippen LogP contribution in [0.4, 0.5) is 4.39 Å². The number of imide groups is 1. The van der Waals surface area contributed by atoms with E-state index in [1.165, 1.54) is 17.0 Å². The third-order valence-corrected chi connectivity index (χ3v) is 10.7. The lowest BCUT2D eigenvalue weighted by atomic mass is 10.1. The van der Waals surface area contributed by atoms with Gasteiger partial charge in [0.15, 0.2) is 8.32 Å². The first kappa shape index (κ1) is 21.7. The van der Waals surface area contributed by atoms with E-state index in [4.69, 9.17) is 16.0 Å². The van der Waals surface area contributed by atoms with Gasteiger partial charge in [0.25, 0.3) is 11.8 Å². The molecule has 1 aliphatic heterocycles. The van der Waals surface area contributed by atoms with Crippen LogP contribution in [0, 0.1) is 5.82 Å². The summed E-state index contributed by atoms with van der Waals surface area (Å²) in [6, 6.07) is 10.3. The summed E-state index contributed by atoms with van der Waals surface area (Å²) in [7, 11) is -2.17. The van der Waals surface area contributed by atoms with E-state index >= 15 is 0 Å². The number of fused-ring (bicyclic) bond motifs is 1. The highest BCUT2D eigenvalue weighted by Gasteiger charge is 2.43. The molecule has 1 heterocycles. The van der Waals surface area contributed by atoms with E-state index in [2.05, 4.69) is 33.9 Å². The number of benzene rings is 2. The number of hydrogen-bond acceptors (Lipinski definition) is 3. The van der Waals surface area contributed by atoms with Crippen LogP contribution in [-0.4, -0.2) is 31.6 Å². The van der Waals surface area contributed by atoms with E-state index < -0.39 is 32.0 Å². The van der Waals surface area contributed by atoms with Crippen molar-refractivity contribution in [2.45, 2.75) is 44.9 Å². The Morgan fingerprint density at radius 2 is 1.62 bits per heavy atom. The molecule has 0 aliphatic carbocycles. The number of rotatable bonds is 5. The second-order valence-corrected chi connectivity index (χ2v) is 14.0. The first-order valence-corrected chi connectivity index (χ1v) is 12.8. The first-order chi connectivity index (χ1) is 13.4. The van der Waals surface area contributed by atoms with Gasteiger partial charge >= 0.3 is 0 Å². The van der Waals surface area contributed by atoms with E-state index in [1.54, 1.807) is 30.3 Å². The normalized spacial score (nSPS) is 15.6. The minimum absolute atomic E-state index is 0.0137. The molecule has 0 saturated heterocycles. The maximum Gasteiger partial charge on any atom is 0.262 e. The molecule has 0 spiro atoms. The Bertz CT molecular complexity index is 936. The van der Waals surface area contributed by atoms with Gasteiger partial charge in [-0.25, -0.2) is 4.39 Å². The van der Waals surface area contributed by atoms with Crippen molar-refractivity contribution in [3.8, 4) is 0 Å². The van der Waals surface area contributed by atoms with Gasteiger partial charge in [0.2, 0.25) is 0 Å². The molecule has 0 aromatic heterocycles. The Hall–Kier alpha value is -2.02. The highest BCUT2D eigenvalue weighted by Crippen LogP contribution is 2.39. The van der Waals surface area contributed by atoms with E-state index in [0.717, 1.165) is 0 Å².